The Bertz CT molecular complexity index is 753. The summed E-state index contributed by atoms with van der Waals surface area (Å²) in [6, 6.07) is 4.02. The average Bonchev–Trinajstić information content (AvgIpc) is 3.27. The molecule has 7 nitrogen and oxygen atoms in total. The lowest BCUT2D eigenvalue weighted by Gasteiger charge is -2.07. The van der Waals surface area contributed by atoms with Gasteiger partial charge in [0.15, 0.2) is 11.0 Å². The van der Waals surface area contributed by atoms with Crippen LogP contribution in [-0.4, -0.2) is 36.6 Å². The quantitative estimate of drug-likeness (QED) is 0.647. The molecule has 0 aliphatic carbocycles. The van der Waals surface area contributed by atoms with E-state index in [-0.39, 0.29) is 11.7 Å². The first-order valence-electron chi connectivity index (χ1n) is 6.94. The Balaban J connectivity index is 1.69. The Morgan fingerprint density at radius 3 is 2.96 bits per heavy atom. The Labute approximate surface area is 145 Å². The predicted octanol–water partition coefficient (Wildman–Crippen LogP) is 3.00. The van der Waals surface area contributed by atoms with Gasteiger partial charge in [-0.25, -0.2) is 0 Å². The molecule has 1 amide bonds. The van der Waals surface area contributed by atoms with Crippen molar-refractivity contribution in [3.05, 3.63) is 23.0 Å². The molecule has 3 aromatic rings. The number of thiophene rings is 1. The van der Waals surface area contributed by atoms with Crippen LogP contribution >= 0.6 is 34.4 Å². The molecule has 0 saturated heterocycles. The van der Waals surface area contributed by atoms with Gasteiger partial charge in [0.05, 0.1) is 10.6 Å². The first-order chi connectivity index (χ1) is 11.3. The summed E-state index contributed by atoms with van der Waals surface area (Å²) in [4.78, 5) is 13.0. The molecule has 0 bridgehead atoms. The monoisotopic (exact) mass is 366 g/mol. The number of nitrogens with zero attached hydrogens (tertiary/aromatic N) is 5. The second-order valence-corrected chi connectivity index (χ2v) is 7.24. The Hall–Kier alpha value is -1.78. The molecule has 3 rings (SSSR count). The maximum Gasteiger partial charge on any atom is 0.236 e. The number of rotatable bonds is 7. The molecular formula is C13H14N6OS3. The van der Waals surface area contributed by atoms with Crippen molar-refractivity contribution in [1.82, 2.24) is 25.0 Å². The van der Waals surface area contributed by atoms with Crippen molar-refractivity contribution in [2.75, 3.05) is 11.1 Å². The summed E-state index contributed by atoms with van der Waals surface area (Å²) in [5, 5.41) is 22.0. The lowest BCUT2D eigenvalue weighted by Crippen LogP contribution is -2.14. The standard InChI is InChI=1S/C13H14N6OS3/c1-2-5-19-11(9-4-3-6-21-9)16-18-13(19)22-7-10(20)15-12-17-14-8-23-12/h3-4,6,8H,2,5,7H2,1H3,(H,15,17,20). The van der Waals surface area contributed by atoms with Crippen LogP contribution in [0.2, 0.25) is 0 Å². The second kappa shape index (κ2) is 7.66. The van der Waals surface area contributed by atoms with Gasteiger partial charge in [0.2, 0.25) is 11.0 Å². The normalized spacial score (nSPS) is 10.8. The van der Waals surface area contributed by atoms with Crippen molar-refractivity contribution in [3.8, 4) is 10.7 Å². The van der Waals surface area contributed by atoms with Gasteiger partial charge in [-0.2, -0.15) is 0 Å². The van der Waals surface area contributed by atoms with Gasteiger partial charge in [0.25, 0.3) is 0 Å². The van der Waals surface area contributed by atoms with E-state index in [0.29, 0.717) is 5.13 Å². The zero-order chi connectivity index (χ0) is 16.1. The van der Waals surface area contributed by atoms with Crippen molar-refractivity contribution in [2.45, 2.75) is 25.0 Å². The van der Waals surface area contributed by atoms with E-state index in [0.717, 1.165) is 28.8 Å². The number of carbonyl (C=O) groups excluding carboxylic acids is 1. The molecule has 1 N–H and O–H groups in total. The molecule has 0 aliphatic heterocycles. The van der Waals surface area contributed by atoms with E-state index >= 15 is 0 Å². The van der Waals surface area contributed by atoms with E-state index in [2.05, 4.69) is 37.2 Å². The summed E-state index contributed by atoms with van der Waals surface area (Å²) in [6.45, 7) is 2.93. The van der Waals surface area contributed by atoms with E-state index in [9.17, 15) is 4.79 Å². The van der Waals surface area contributed by atoms with E-state index in [1.165, 1.54) is 23.1 Å². The number of carbonyl (C=O) groups is 1. The highest BCUT2D eigenvalue weighted by Crippen LogP contribution is 2.27. The van der Waals surface area contributed by atoms with Gasteiger partial charge >= 0.3 is 0 Å². The number of anilines is 1. The summed E-state index contributed by atoms with van der Waals surface area (Å²) in [6.07, 6.45) is 0.973. The minimum Gasteiger partial charge on any atom is -0.301 e. The Kier molecular flexibility index (Phi) is 5.36. The van der Waals surface area contributed by atoms with Crippen molar-refractivity contribution >= 4 is 45.5 Å². The fourth-order valence-electron chi connectivity index (χ4n) is 1.92. The summed E-state index contributed by atoms with van der Waals surface area (Å²) in [5.74, 6) is 0.982. The molecule has 0 unspecified atom stereocenters. The molecule has 3 aromatic heterocycles. The number of hydrogen-bond donors (Lipinski definition) is 1. The van der Waals surface area contributed by atoms with Crippen molar-refractivity contribution < 1.29 is 4.79 Å². The molecule has 0 spiro atoms. The van der Waals surface area contributed by atoms with Gasteiger partial charge in [-0.3, -0.25) is 10.1 Å². The van der Waals surface area contributed by atoms with Gasteiger partial charge in [-0.05, 0) is 17.9 Å². The lowest BCUT2D eigenvalue weighted by atomic mass is 10.4. The molecule has 10 heteroatoms. The van der Waals surface area contributed by atoms with Crippen LogP contribution in [-0.2, 0) is 11.3 Å². The van der Waals surface area contributed by atoms with Crippen molar-refractivity contribution in [1.29, 1.82) is 0 Å². The average molecular weight is 366 g/mol. The first kappa shape index (κ1) is 16.1. The smallest absolute Gasteiger partial charge is 0.236 e. The number of thioether (sulfide) groups is 1. The number of amides is 1. The van der Waals surface area contributed by atoms with Crippen LogP contribution in [0.1, 0.15) is 13.3 Å². The SMILES string of the molecule is CCCn1c(SCC(=O)Nc2nncs2)nnc1-c1cccs1. The van der Waals surface area contributed by atoms with Gasteiger partial charge < -0.3 is 4.57 Å². The van der Waals surface area contributed by atoms with Crippen LogP contribution in [0.25, 0.3) is 10.7 Å². The third-order valence-electron chi connectivity index (χ3n) is 2.84. The summed E-state index contributed by atoms with van der Waals surface area (Å²) < 4.78 is 2.06. The maximum atomic E-state index is 11.9. The van der Waals surface area contributed by atoms with Crippen LogP contribution in [0, 0.1) is 0 Å². The molecular weight excluding hydrogens is 352 g/mol. The van der Waals surface area contributed by atoms with E-state index in [4.69, 9.17) is 0 Å². The summed E-state index contributed by atoms with van der Waals surface area (Å²) in [5.41, 5.74) is 1.58. The molecule has 0 fully saturated rings. The molecule has 0 aliphatic rings. The Morgan fingerprint density at radius 1 is 1.35 bits per heavy atom. The highest BCUT2D eigenvalue weighted by atomic mass is 32.2. The van der Waals surface area contributed by atoms with Gasteiger partial charge in [-0.15, -0.1) is 31.7 Å². The molecule has 120 valence electrons. The molecule has 23 heavy (non-hydrogen) atoms. The predicted molar refractivity (Wildman–Crippen MR) is 92.9 cm³/mol. The van der Waals surface area contributed by atoms with Gasteiger partial charge in [-0.1, -0.05) is 36.1 Å². The number of nitrogens with one attached hydrogen (secondary N) is 1. The van der Waals surface area contributed by atoms with E-state index in [1.807, 2.05) is 17.5 Å². The van der Waals surface area contributed by atoms with Crippen LogP contribution in [0.4, 0.5) is 5.13 Å². The highest BCUT2D eigenvalue weighted by molar-refractivity contribution is 7.99. The topological polar surface area (TPSA) is 85.6 Å². The largest absolute Gasteiger partial charge is 0.301 e. The van der Waals surface area contributed by atoms with Gasteiger partial charge in [0.1, 0.15) is 5.51 Å². The molecule has 3 heterocycles. The fourth-order valence-corrected chi connectivity index (χ4v) is 3.86. The third kappa shape index (κ3) is 3.95. The van der Waals surface area contributed by atoms with Crippen LogP contribution < -0.4 is 5.32 Å². The first-order valence-corrected chi connectivity index (χ1v) is 9.68. The van der Waals surface area contributed by atoms with Crippen LogP contribution in [0.15, 0.2) is 28.2 Å². The second-order valence-electron chi connectivity index (χ2n) is 4.52. The minimum absolute atomic E-state index is 0.129. The third-order valence-corrected chi connectivity index (χ3v) is 5.28. The van der Waals surface area contributed by atoms with E-state index in [1.54, 1.807) is 16.8 Å². The highest BCUT2D eigenvalue weighted by Gasteiger charge is 2.16. The zero-order valence-electron chi connectivity index (χ0n) is 12.3. The Morgan fingerprint density at radius 2 is 2.26 bits per heavy atom. The molecule has 0 atom stereocenters. The van der Waals surface area contributed by atoms with Gasteiger partial charge in [0, 0.05) is 6.54 Å². The fraction of sp³-hybridized carbons (Fsp3) is 0.308. The number of aromatic nitrogens is 5. The number of hydrogen-bond acceptors (Lipinski definition) is 8. The zero-order valence-corrected chi connectivity index (χ0v) is 14.7. The van der Waals surface area contributed by atoms with Crippen LogP contribution in [0.3, 0.4) is 0 Å². The van der Waals surface area contributed by atoms with Crippen molar-refractivity contribution in [2.24, 2.45) is 0 Å². The lowest BCUT2D eigenvalue weighted by molar-refractivity contribution is -0.113. The minimum atomic E-state index is -0.129. The molecule has 0 saturated carbocycles. The van der Waals surface area contributed by atoms with E-state index < -0.39 is 0 Å². The summed E-state index contributed by atoms with van der Waals surface area (Å²) in [7, 11) is 0. The molecule has 0 radical (unpaired) electrons. The maximum absolute atomic E-state index is 11.9. The van der Waals surface area contributed by atoms with Crippen LogP contribution in [0.5, 0.6) is 0 Å². The summed E-state index contributed by atoms with van der Waals surface area (Å²) >= 11 is 4.30. The molecule has 0 aromatic carbocycles. The van der Waals surface area contributed by atoms with Crippen molar-refractivity contribution in [3.63, 3.8) is 0 Å².